The molecule has 1 saturated carbocycles. The molecule has 1 aliphatic carbocycles. The number of hydrogen-bond donors (Lipinski definition) is 2. The second-order valence-electron chi connectivity index (χ2n) is 11.0. The second-order valence-corrected chi connectivity index (χ2v) is 11.0. The second kappa shape index (κ2) is 10.1. The Labute approximate surface area is 221 Å². The van der Waals surface area contributed by atoms with Crippen LogP contribution in [-0.4, -0.2) is 73.4 Å². The van der Waals surface area contributed by atoms with Gasteiger partial charge in [0, 0.05) is 43.8 Å². The van der Waals surface area contributed by atoms with Gasteiger partial charge < -0.3 is 29.5 Å². The molecule has 1 saturated heterocycles. The van der Waals surface area contributed by atoms with Crippen molar-refractivity contribution in [3.05, 3.63) is 35.8 Å². The number of nitrogens with zero attached hydrogens (tertiary/aromatic N) is 6. The Morgan fingerprint density at radius 3 is 2.37 bits per heavy atom. The minimum absolute atomic E-state index is 0.133. The summed E-state index contributed by atoms with van der Waals surface area (Å²) in [5.74, 6) is 0.0261. The van der Waals surface area contributed by atoms with Crippen LogP contribution in [0.4, 0.5) is 22.2 Å². The average molecular weight is 522 g/mol. The number of aryl methyl sites for hydroxylation is 1. The lowest BCUT2D eigenvalue weighted by Gasteiger charge is -2.36. The summed E-state index contributed by atoms with van der Waals surface area (Å²) in [5.41, 5.74) is 2.09. The first-order valence-corrected chi connectivity index (χ1v) is 13.2. The van der Waals surface area contributed by atoms with Gasteiger partial charge >= 0.3 is 12.1 Å². The number of carboxylic acids is 1. The molecule has 38 heavy (non-hydrogen) atoms. The van der Waals surface area contributed by atoms with E-state index in [1.54, 1.807) is 17.3 Å². The number of aromatic nitrogens is 4. The number of piperazine rings is 1. The number of amides is 1. The number of anilines is 3. The van der Waals surface area contributed by atoms with Crippen LogP contribution in [0.1, 0.15) is 68.5 Å². The molecule has 2 aliphatic rings. The fraction of sp³-hybridized carbons (Fsp3) is 0.519. The smallest absolute Gasteiger partial charge is 0.410 e. The van der Waals surface area contributed by atoms with E-state index in [0.29, 0.717) is 54.8 Å². The van der Waals surface area contributed by atoms with Crippen molar-refractivity contribution in [3.63, 3.8) is 0 Å². The van der Waals surface area contributed by atoms with Gasteiger partial charge in [-0.3, -0.25) is 0 Å². The summed E-state index contributed by atoms with van der Waals surface area (Å²) in [6, 6.07) is 3.98. The van der Waals surface area contributed by atoms with Gasteiger partial charge in [0.05, 0.1) is 11.9 Å². The van der Waals surface area contributed by atoms with Crippen LogP contribution in [0, 0.1) is 6.92 Å². The molecule has 0 radical (unpaired) electrons. The van der Waals surface area contributed by atoms with E-state index in [2.05, 4.69) is 20.2 Å². The Balaban J connectivity index is 1.29. The summed E-state index contributed by atoms with van der Waals surface area (Å²) >= 11 is 0. The van der Waals surface area contributed by atoms with Crippen molar-refractivity contribution in [2.24, 2.45) is 0 Å². The molecule has 0 aromatic carbocycles. The number of nitrogens with one attached hydrogen (secondary N) is 1. The molecule has 0 atom stereocenters. The molecule has 11 heteroatoms. The van der Waals surface area contributed by atoms with Crippen molar-refractivity contribution >= 4 is 40.5 Å². The van der Waals surface area contributed by atoms with Crippen LogP contribution in [0.15, 0.2) is 24.5 Å². The SMILES string of the molecule is Cc1c(C(=O)O)n(C2CCCC2)c2nc(Nc3ccc(N4CCN(C(=O)OC(C)(C)C)CC4)cn3)ncc12. The lowest BCUT2D eigenvalue weighted by Crippen LogP contribution is -2.50. The van der Waals surface area contributed by atoms with Crippen LogP contribution in [0.25, 0.3) is 11.0 Å². The van der Waals surface area contributed by atoms with Crippen molar-refractivity contribution in [2.75, 3.05) is 36.4 Å². The maximum atomic E-state index is 12.3. The molecule has 5 rings (SSSR count). The maximum absolute atomic E-state index is 12.3. The molecule has 1 amide bonds. The van der Waals surface area contributed by atoms with E-state index in [0.717, 1.165) is 36.8 Å². The van der Waals surface area contributed by atoms with Crippen LogP contribution in [0.5, 0.6) is 0 Å². The van der Waals surface area contributed by atoms with E-state index in [1.807, 2.05) is 44.4 Å². The molecule has 2 fully saturated rings. The summed E-state index contributed by atoms with van der Waals surface area (Å²) in [5, 5.41) is 13.8. The highest BCUT2D eigenvalue weighted by atomic mass is 16.6. The number of carbonyl (C=O) groups is 2. The van der Waals surface area contributed by atoms with E-state index in [-0.39, 0.29) is 12.1 Å². The van der Waals surface area contributed by atoms with Gasteiger partial charge in [-0.2, -0.15) is 4.98 Å². The van der Waals surface area contributed by atoms with Gasteiger partial charge in [0.25, 0.3) is 0 Å². The molecule has 0 unspecified atom stereocenters. The Bertz CT molecular complexity index is 1330. The Morgan fingerprint density at radius 2 is 1.76 bits per heavy atom. The number of carboxylic acid groups (broad SMARTS) is 1. The third-order valence-electron chi connectivity index (χ3n) is 7.17. The summed E-state index contributed by atoms with van der Waals surface area (Å²) < 4.78 is 7.37. The number of pyridine rings is 1. The fourth-order valence-electron chi connectivity index (χ4n) is 5.31. The highest BCUT2D eigenvalue weighted by Gasteiger charge is 2.29. The number of carbonyl (C=O) groups excluding carboxylic acids is 1. The van der Waals surface area contributed by atoms with Crippen LogP contribution < -0.4 is 10.2 Å². The van der Waals surface area contributed by atoms with E-state index < -0.39 is 11.6 Å². The molecule has 4 heterocycles. The van der Waals surface area contributed by atoms with Crippen molar-refractivity contribution in [3.8, 4) is 0 Å². The zero-order valence-electron chi connectivity index (χ0n) is 22.4. The quantitative estimate of drug-likeness (QED) is 0.489. The summed E-state index contributed by atoms with van der Waals surface area (Å²) in [6.07, 6.45) is 7.28. The molecule has 11 nitrogen and oxygen atoms in total. The first-order chi connectivity index (χ1) is 18.1. The Morgan fingerprint density at radius 1 is 1.05 bits per heavy atom. The fourth-order valence-corrected chi connectivity index (χ4v) is 5.31. The monoisotopic (exact) mass is 521 g/mol. The summed E-state index contributed by atoms with van der Waals surface area (Å²) in [6.45, 7) is 9.98. The molecule has 0 spiro atoms. The summed E-state index contributed by atoms with van der Waals surface area (Å²) in [4.78, 5) is 42.0. The normalized spacial score (nSPS) is 16.7. The standard InChI is InChI=1S/C27H35N7O4/c1-17-20-16-29-25(31-23(20)34(22(17)24(35)36)18-7-5-6-8-18)30-21-10-9-19(15-28-21)32-11-13-33(14-12-32)26(37)38-27(2,3)4/h9-10,15-16,18H,5-8,11-14H2,1-4H3,(H,35,36)(H,28,29,30,31). The molecule has 3 aromatic rings. The molecule has 3 aromatic heterocycles. The van der Waals surface area contributed by atoms with E-state index in [4.69, 9.17) is 9.72 Å². The highest BCUT2D eigenvalue weighted by molar-refractivity contribution is 5.97. The van der Waals surface area contributed by atoms with Gasteiger partial charge in [-0.15, -0.1) is 0 Å². The highest BCUT2D eigenvalue weighted by Crippen LogP contribution is 2.36. The van der Waals surface area contributed by atoms with Gasteiger partial charge in [-0.05, 0) is 58.2 Å². The van der Waals surface area contributed by atoms with Gasteiger partial charge in [0.2, 0.25) is 5.95 Å². The minimum Gasteiger partial charge on any atom is -0.477 e. The maximum Gasteiger partial charge on any atom is 0.410 e. The lowest BCUT2D eigenvalue weighted by molar-refractivity contribution is 0.0240. The molecule has 202 valence electrons. The van der Waals surface area contributed by atoms with Crippen molar-refractivity contribution in [1.29, 1.82) is 0 Å². The van der Waals surface area contributed by atoms with E-state index in [1.165, 1.54) is 0 Å². The molecular formula is C27H35N7O4. The topological polar surface area (TPSA) is 126 Å². The van der Waals surface area contributed by atoms with Crippen LogP contribution >= 0.6 is 0 Å². The number of ether oxygens (including phenoxy) is 1. The Kier molecular flexibility index (Phi) is 6.85. The molecular weight excluding hydrogens is 486 g/mol. The molecule has 0 bridgehead atoms. The van der Waals surface area contributed by atoms with Crippen LogP contribution in [0.3, 0.4) is 0 Å². The van der Waals surface area contributed by atoms with Crippen LogP contribution in [-0.2, 0) is 4.74 Å². The average Bonchev–Trinajstić information content (AvgIpc) is 3.50. The van der Waals surface area contributed by atoms with Gasteiger partial charge in [0.15, 0.2) is 0 Å². The number of hydrogen-bond acceptors (Lipinski definition) is 8. The van der Waals surface area contributed by atoms with Gasteiger partial charge in [-0.1, -0.05) is 12.8 Å². The predicted octanol–water partition coefficient (Wildman–Crippen LogP) is 4.75. The first kappa shape index (κ1) is 25.7. The zero-order valence-corrected chi connectivity index (χ0v) is 22.4. The number of rotatable bonds is 5. The van der Waals surface area contributed by atoms with Crippen LogP contribution in [0.2, 0.25) is 0 Å². The van der Waals surface area contributed by atoms with E-state index >= 15 is 0 Å². The zero-order chi connectivity index (χ0) is 27.0. The summed E-state index contributed by atoms with van der Waals surface area (Å²) in [7, 11) is 0. The largest absolute Gasteiger partial charge is 0.477 e. The molecule has 2 N–H and O–H groups in total. The van der Waals surface area contributed by atoms with Crippen molar-refractivity contribution in [1.82, 2.24) is 24.4 Å². The molecule has 1 aliphatic heterocycles. The van der Waals surface area contributed by atoms with Gasteiger partial charge in [-0.25, -0.2) is 19.6 Å². The van der Waals surface area contributed by atoms with E-state index in [9.17, 15) is 14.7 Å². The van der Waals surface area contributed by atoms with Gasteiger partial charge in [0.1, 0.15) is 22.8 Å². The number of fused-ring (bicyclic) bond motifs is 1. The van der Waals surface area contributed by atoms with Crippen molar-refractivity contribution < 1.29 is 19.4 Å². The predicted molar refractivity (Wildman–Crippen MR) is 144 cm³/mol. The number of aromatic carboxylic acids is 1. The third-order valence-corrected chi connectivity index (χ3v) is 7.17. The lowest BCUT2D eigenvalue weighted by atomic mass is 10.2. The third kappa shape index (κ3) is 5.23. The Hall–Kier alpha value is -3.89. The first-order valence-electron chi connectivity index (χ1n) is 13.2. The van der Waals surface area contributed by atoms with Crippen molar-refractivity contribution in [2.45, 2.75) is 65.0 Å². The minimum atomic E-state index is -0.939.